The summed E-state index contributed by atoms with van der Waals surface area (Å²) < 4.78 is 11.3. The van der Waals surface area contributed by atoms with Crippen molar-refractivity contribution in [2.75, 3.05) is 13.2 Å². The number of ether oxygens (including phenoxy) is 2. The summed E-state index contributed by atoms with van der Waals surface area (Å²) in [5, 5.41) is 9.64. The third-order valence-corrected chi connectivity index (χ3v) is 2.96. The SMILES string of the molecule is CCCOc1cccc(C2CC(O)CCO2)c1. The first-order chi connectivity index (χ1) is 8.29. The molecule has 0 radical (unpaired) electrons. The Labute approximate surface area is 102 Å². The summed E-state index contributed by atoms with van der Waals surface area (Å²) in [5.74, 6) is 0.882. The van der Waals surface area contributed by atoms with Gasteiger partial charge >= 0.3 is 0 Å². The van der Waals surface area contributed by atoms with Crippen molar-refractivity contribution in [2.24, 2.45) is 0 Å². The molecule has 0 aliphatic carbocycles. The van der Waals surface area contributed by atoms with E-state index < -0.39 is 0 Å². The molecule has 0 spiro atoms. The van der Waals surface area contributed by atoms with Crippen LogP contribution in [0, 0.1) is 0 Å². The first kappa shape index (κ1) is 12.4. The van der Waals surface area contributed by atoms with Crippen molar-refractivity contribution in [1.82, 2.24) is 0 Å². The zero-order valence-electron chi connectivity index (χ0n) is 10.3. The zero-order chi connectivity index (χ0) is 12.1. The maximum Gasteiger partial charge on any atom is 0.119 e. The molecule has 1 aromatic carbocycles. The summed E-state index contributed by atoms with van der Waals surface area (Å²) in [5.41, 5.74) is 1.09. The maximum atomic E-state index is 9.64. The second-order valence-electron chi connectivity index (χ2n) is 4.46. The highest BCUT2D eigenvalue weighted by atomic mass is 16.5. The van der Waals surface area contributed by atoms with Gasteiger partial charge in [-0.2, -0.15) is 0 Å². The lowest BCUT2D eigenvalue weighted by Gasteiger charge is -2.27. The highest BCUT2D eigenvalue weighted by molar-refractivity contribution is 5.30. The van der Waals surface area contributed by atoms with Crippen LogP contribution in [0.4, 0.5) is 0 Å². The second-order valence-corrected chi connectivity index (χ2v) is 4.46. The molecule has 0 bridgehead atoms. The number of hydrogen-bond donors (Lipinski definition) is 1. The van der Waals surface area contributed by atoms with E-state index in [0.717, 1.165) is 30.8 Å². The van der Waals surface area contributed by atoms with Crippen LogP contribution < -0.4 is 4.74 Å². The minimum absolute atomic E-state index is 0.00364. The first-order valence-electron chi connectivity index (χ1n) is 6.32. The molecule has 1 saturated heterocycles. The van der Waals surface area contributed by atoms with Crippen molar-refractivity contribution in [2.45, 2.75) is 38.4 Å². The van der Waals surface area contributed by atoms with Crippen LogP contribution in [-0.4, -0.2) is 24.4 Å². The van der Waals surface area contributed by atoms with Gasteiger partial charge in [-0.3, -0.25) is 0 Å². The van der Waals surface area contributed by atoms with Crippen LogP contribution in [0.3, 0.4) is 0 Å². The minimum atomic E-state index is -0.242. The molecular weight excluding hydrogens is 216 g/mol. The molecule has 17 heavy (non-hydrogen) atoms. The maximum absolute atomic E-state index is 9.64. The Kier molecular flexibility index (Phi) is 4.40. The summed E-state index contributed by atoms with van der Waals surface area (Å²) in [6, 6.07) is 7.98. The average Bonchev–Trinajstić information content (AvgIpc) is 2.37. The Balaban J connectivity index is 2.04. The molecule has 0 saturated carbocycles. The molecule has 1 aliphatic rings. The summed E-state index contributed by atoms with van der Waals surface area (Å²) in [7, 11) is 0. The van der Waals surface area contributed by atoms with Gasteiger partial charge in [0.05, 0.1) is 18.8 Å². The molecule has 0 amide bonds. The molecule has 1 aromatic rings. The number of rotatable bonds is 4. The largest absolute Gasteiger partial charge is 0.494 e. The standard InChI is InChI=1S/C14H20O3/c1-2-7-16-13-5-3-4-11(9-13)14-10-12(15)6-8-17-14/h3-5,9,12,14-15H,2,6-8,10H2,1H3. The van der Waals surface area contributed by atoms with Crippen LogP contribution in [0.1, 0.15) is 37.9 Å². The molecule has 2 unspecified atom stereocenters. The molecule has 94 valence electrons. The summed E-state index contributed by atoms with van der Waals surface area (Å²) in [4.78, 5) is 0. The Morgan fingerprint density at radius 3 is 3.12 bits per heavy atom. The van der Waals surface area contributed by atoms with Crippen LogP contribution in [-0.2, 0) is 4.74 Å². The highest BCUT2D eigenvalue weighted by Gasteiger charge is 2.22. The van der Waals surface area contributed by atoms with Crippen LogP contribution in [0.5, 0.6) is 5.75 Å². The molecule has 1 heterocycles. The average molecular weight is 236 g/mol. The zero-order valence-corrected chi connectivity index (χ0v) is 10.3. The Morgan fingerprint density at radius 2 is 2.35 bits per heavy atom. The van der Waals surface area contributed by atoms with Crippen molar-refractivity contribution < 1.29 is 14.6 Å². The van der Waals surface area contributed by atoms with E-state index in [4.69, 9.17) is 9.47 Å². The quantitative estimate of drug-likeness (QED) is 0.873. The third kappa shape index (κ3) is 3.45. The summed E-state index contributed by atoms with van der Waals surface area (Å²) >= 11 is 0. The van der Waals surface area contributed by atoms with Crippen molar-refractivity contribution >= 4 is 0 Å². The minimum Gasteiger partial charge on any atom is -0.494 e. The molecule has 1 fully saturated rings. The number of benzene rings is 1. The van der Waals surface area contributed by atoms with E-state index in [1.165, 1.54) is 0 Å². The predicted octanol–water partition coefficient (Wildman–Crippen LogP) is 2.69. The normalized spacial score (nSPS) is 24.6. The highest BCUT2D eigenvalue weighted by Crippen LogP contribution is 2.30. The van der Waals surface area contributed by atoms with Gasteiger partial charge in [0, 0.05) is 13.0 Å². The Bertz CT molecular complexity index is 351. The van der Waals surface area contributed by atoms with Crippen molar-refractivity contribution in [3.8, 4) is 5.75 Å². The van der Waals surface area contributed by atoms with E-state index in [-0.39, 0.29) is 12.2 Å². The van der Waals surface area contributed by atoms with Gasteiger partial charge in [0.25, 0.3) is 0 Å². The van der Waals surface area contributed by atoms with Gasteiger partial charge in [0.2, 0.25) is 0 Å². The number of aliphatic hydroxyl groups excluding tert-OH is 1. The Morgan fingerprint density at radius 1 is 1.47 bits per heavy atom. The summed E-state index contributed by atoms with van der Waals surface area (Å²) in [6.45, 7) is 3.45. The number of aliphatic hydroxyl groups is 1. The molecule has 3 nitrogen and oxygen atoms in total. The van der Waals surface area contributed by atoms with Crippen LogP contribution in [0.2, 0.25) is 0 Å². The molecule has 0 aromatic heterocycles. The molecule has 2 rings (SSSR count). The lowest BCUT2D eigenvalue weighted by molar-refractivity contribution is -0.0448. The fourth-order valence-corrected chi connectivity index (χ4v) is 2.04. The molecule has 2 atom stereocenters. The van der Waals surface area contributed by atoms with Crippen LogP contribution in [0.15, 0.2) is 24.3 Å². The van der Waals surface area contributed by atoms with E-state index in [1.807, 2.05) is 24.3 Å². The summed E-state index contributed by atoms with van der Waals surface area (Å²) in [6.07, 6.45) is 2.18. The van der Waals surface area contributed by atoms with E-state index in [9.17, 15) is 5.11 Å². The van der Waals surface area contributed by atoms with E-state index in [0.29, 0.717) is 13.0 Å². The fourth-order valence-electron chi connectivity index (χ4n) is 2.04. The molecule has 1 aliphatic heterocycles. The van der Waals surface area contributed by atoms with Crippen molar-refractivity contribution in [3.05, 3.63) is 29.8 Å². The van der Waals surface area contributed by atoms with E-state index >= 15 is 0 Å². The van der Waals surface area contributed by atoms with Gasteiger partial charge in [-0.05, 0) is 30.5 Å². The fraction of sp³-hybridized carbons (Fsp3) is 0.571. The van der Waals surface area contributed by atoms with E-state index in [1.54, 1.807) is 0 Å². The van der Waals surface area contributed by atoms with Crippen molar-refractivity contribution in [1.29, 1.82) is 0 Å². The van der Waals surface area contributed by atoms with Crippen LogP contribution in [0.25, 0.3) is 0 Å². The van der Waals surface area contributed by atoms with Crippen LogP contribution >= 0.6 is 0 Å². The lowest BCUT2D eigenvalue weighted by Crippen LogP contribution is -2.23. The number of hydrogen-bond acceptors (Lipinski definition) is 3. The van der Waals surface area contributed by atoms with Gasteiger partial charge in [-0.1, -0.05) is 19.1 Å². The molecule has 3 heteroatoms. The van der Waals surface area contributed by atoms with Gasteiger partial charge in [0.15, 0.2) is 0 Å². The van der Waals surface area contributed by atoms with Gasteiger partial charge in [-0.25, -0.2) is 0 Å². The topological polar surface area (TPSA) is 38.7 Å². The second kappa shape index (κ2) is 6.03. The first-order valence-corrected chi connectivity index (χ1v) is 6.32. The van der Waals surface area contributed by atoms with Gasteiger partial charge < -0.3 is 14.6 Å². The van der Waals surface area contributed by atoms with Gasteiger partial charge in [0.1, 0.15) is 5.75 Å². The molecular formula is C14H20O3. The van der Waals surface area contributed by atoms with E-state index in [2.05, 4.69) is 6.92 Å². The monoisotopic (exact) mass is 236 g/mol. The lowest BCUT2D eigenvalue weighted by atomic mass is 9.99. The predicted molar refractivity (Wildman–Crippen MR) is 66.2 cm³/mol. The Hall–Kier alpha value is -1.06. The smallest absolute Gasteiger partial charge is 0.119 e. The molecule has 1 N–H and O–H groups in total. The third-order valence-electron chi connectivity index (χ3n) is 2.96. The van der Waals surface area contributed by atoms with Gasteiger partial charge in [-0.15, -0.1) is 0 Å². The van der Waals surface area contributed by atoms with Crippen molar-refractivity contribution in [3.63, 3.8) is 0 Å².